The summed E-state index contributed by atoms with van der Waals surface area (Å²) in [6.45, 7) is 0.958. The maximum Gasteiger partial charge on any atom is 0.166 e. The molecule has 0 aromatic rings. The van der Waals surface area contributed by atoms with Gasteiger partial charge in [0.1, 0.15) is 0 Å². The van der Waals surface area contributed by atoms with Crippen LogP contribution < -0.4 is 10.6 Å². The molecule has 1 aliphatic carbocycles. The summed E-state index contributed by atoms with van der Waals surface area (Å²) in [6.07, 6.45) is 2.55. The van der Waals surface area contributed by atoms with Gasteiger partial charge in [0, 0.05) is 19.1 Å². The van der Waals surface area contributed by atoms with E-state index in [9.17, 15) is 0 Å². The molecule has 0 aromatic carbocycles. The molecule has 0 atom stereocenters. The summed E-state index contributed by atoms with van der Waals surface area (Å²) in [5, 5.41) is 6.84. The SMILES string of the molecule is CNC(=S)NCC1(N(C)C)CC1. The summed E-state index contributed by atoms with van der Waals surface area (Å²) >= 11 is 5.00. The zero-order chi connectivity index (χ0) is 9.19. The van der Waals surface area contributed by atoms with Crippen molar-refractivity contribution in [3.8, 4) is 0 Å². The van der Waals surface area contributed by atoms with Gasteiger partial charge in [0.15, 0.2) is 5.11 Å². The normalized spacial score (nSPS) is 19.0. The molecule has 12 heavy (non-hydrogen) atoms. The molecule has 0 radical (unpaired) electrons. The fourth-order valence-electron chi connectivity index (χ4n) is 1.26. The zero-order valence-electron chi connectivity index (χ0n) is 7.98. The highest BCUT2D eigenvalue weighted by Gasteiger charge is 2.44. The molecular weight excluding hydrogens is 170 g/mol. The molecule has 0 amide bonds. The van der Waals surface area contributed by atoms with Crippen molar-refractivity contribution in [1.82, 2.24) is 15.5 Å². The second-order valence-electron chi connectivity index (χ2n) is 3.55. The van der Waals surface area contributed by atoms with Crippen molar-refractivity contribution >= 4 is 17.3 Å². The van der Waals surface area contributed by atoms with Crippen LogP contribution in [0.1, 0.15) is 12.8 Å². The topological polar surface area (TPSA) is 27.3 Å². The first-order chi connectivity index (χ1) is 5.60. The van der Waals surface area contributed by atoms with Crippen molar-refractivity contribution in [2.45, 2.75) is 18.4 Å². The minimum Gasteiger partial charge on any atom is -0.366 e. The van der Waals surface area contributed by atoms with E-state index in [0.29, 0.717) is 5.54 Å². The Morgan fingerprint density at radius 2 is 2.08 bits per heavy atom. The van der Waals surface area contributed by atoms with Gasteiger partial charge in [0.2, 0.25) is 0 Å². The van der Waals surface area contributed by atoms with Gasteiger partial charge in [-0.3, -0.25) is 0 Å². The van der Waals surface area contributed by atoms with Gasteiger partial charge in [-0.2, -0.15) is 0 Å². The van der Waals surface area contributed by atoms with Crippen LogP contribution in [0.3, 0.4) is 0 Å². The van der Waals surface area contributed by atoms with E-state index in [0.717, 1.165) is 11.7 Å². The van der Waals surface area contributed by atoms with Gasteiger partial charge in [-0.1, -0.05) is 0 Å². The van der Waals surface area contributed by atoms with Gasteiger partial charge in [0.25, 0.3) is 0 Å². The van der Waals surface area contributed by atoms with Crippen molar-refractivity contribution in [2.75, 3.05) is 27.7 Å². The second kappa shape index (κ2) is 3.58. The van der Waals surface area contributed by atoms with Crippen molar-refractivity contribution in [2.24, 2.45) is 0 Å². The van der Waals surface area contributed by atoms with E-state index in [1.807, 2.05) is 7.05 Å². The lowest BCUT2D eigenvalue weighted by atomic mass is 10.2. The van der Waals surface area contributed by atoms with Gasteiger partial charge >= 0.3 is 0 Å². The van der Waals surface area contributed by atoms with E-state index >= 15 is 0 Å². The first kappa shape index (κ1) is 9.74. The third-order valence-corrected chi connectivity index (χ3v) is 2.93. The molecule has 0 aliphatic heterocycles. The summed E-state index contributed by atoms with van der Waals surface area (Å²) in [4.78, 5) is 2.28. The van der Waals surface area contributed by atoms with Crippen molar-refractivity contribution < 1.29 is 0 Å². The number of thiocarbonyl (C=S) groups is 1. The Balaban J connectivity index is 2.27. The second-order valence-corrected chi connectivity index (χ2v) is 3.96. The highest BCUT2D eigenvalue weighted by atomic mass is 32.1. The monoisotopic (exact) mass is 187 g/mol. The number of nitrogens with zero attached hydrogens (tertiary/aromatic N) is 1. The van der Waals surface area contributed by atoms with E-state index in [-0.39, 0.29) is 0 Å². The van der Waals surface area contributed by atoms with E-state index < -0.39 is 0 Å². The fourth-order valence-corrected chi connectivity index (χ4v) is 1.33. The predicted molar refractivity (Wildman–Crippen MR) is 55.3 cm³/mol. The number of nitrogens with one attached hydrogen (secondary N) is 2. The first-order valence-corrected chi connectivity index (χ1v) is 4.64. The highest BCUT2D eigenvalue weighted by Crippen LogP contribution is 2.39. The highest BCUT2D eigenvalue weighted by molar-refractivity contribution is 7.80. The first-order valence-electron chi connectivity index (χ1n) is 4.24. The molecule has 0 unspecified atom stereocenters. The summed E-state index contributed by atoms with van der Waals surface area (Å²) in [7, 11) is 6.08. The molecule has 70 valence electrons. The van der Waals surface area contributed by atoms with Gasteiger partial charge in [-0.25, -0.2) is 0 Å². The molecule has 1 aliphatic rings. The van der Waals surface area contributed by atoms with Crippen LogP contribution in [0, 0.1) is 0 Å². The van der Waals surface area contributed by atoms with Gasteiger partial charge in [0.05, 0.1) is 0 Å². The number of likely N-dealkylation sites (N-methyl/N-ethyl adjacent to an activating group) is 1. The Kier molecular flexibility index (Phi) is 2.90. The number of hydrogen-bond donors (Lipinski definition) is 2. The number of hydrogen-bond acceptors (Lipinski definition) is 2. The quantitative estimate of drug-likeness (QED) is 0.616. The minimum absolute atomic E-state index is 0.376. The Labute approximate surface area is 79.5 Å². The van der Waals surface area contributed by atoms with E-state index in [2.05, 4.69) is 29.6 Å². The van der Waals surface area contributed by atoms with E-state index in [4.69, 9.17) is 12.2 Å². The van der Waals surface area contributed by atoms with Crippen LogP contribution in [0.4, 0.5) is 0 Å². The Morgan fingerprint density at radius 1 is 1.50 bits per heavy atom. The Bertz CT molecular complexity index is 175. The largest absolute Gasteiger partial charge is 0.366 e. The maximum atomic E-state index is 5.00. The van der Waals surface area contributed by atoms with Crippen LogP contribution in [0.2, 0.25) is 0 Å². The number of rotatable bonds is 3. The molecule has 1 saturated carbocycles. The third-order valence-electron chi connectivity index (χ3n) is 2.58. The van der Waals surface area contributed by atoms with Crippen LogP contribution in [-0.2, 0) is 0 Å². The van der Waals surface area contributed by atoms with E-state index in [1.54, 1.807) is 0 Å². The van der Waals surface area contributed by atoms with Gasteiger partial charge < -0.3 is 15.5 Å². The molecule has 1 rings (SSSR count). The molecule has 2 N–H and O–H groups in total. The molecule has 4 heteroatoms. The minimum atomic E-state index is 0.376. The Hall–Kier alpha value is -0.350. The third kappa shape index (κ3) is 2.08. The lowest BCUT2D eigenvalue weighted by Gasteiger charge is -2.24. The van der Waals surface area contributed by atoms with Crippen LogP contribution in [-0.4, -0.2) is 43.2 Å². The zero-order valence-corrected chi connectivity index (χ0v) is 8.79. The van der Waals surface area contributed by atoms with Crippen molar-refractivity contribution in [3.05, 3.63) is 0 Å². The van der Waals surface area contributed by atoms with Gasteiger partial charge in [-0.15, -0.1) is 0 Å². The lowest BCUT2D eigenvalue weighted by molar-refractivity contribution is 0.271. The summed E-state index contributed by atoms with van der Waals surface area (Å²) < 4.78 is 0. The van der Waals surface area contributed by atoms with Crippen molar-refractivity contribution in [3.63, 3.8) is 0 Å². The molecule has 3 nitrogen and oxygen atoms in total. The standard InChI is InChI=1S/C8H17N3S/c1-9-7(12)10-6-8(4-5-8)11(2)3/h4-6H2,1-3H3,(H2,9,10,12). The fraction of sp³-hybridized carbons (Fsp3) is 0.875. The smallest absolute Gasteiger partial charge is 0.166 e. The van der Waals surface area contributed by atoms with Crippen LogP contribution in [0.15, 0.2) is 0 Å². The molecule has 0 spiro atoms. The van der Waals surface area contributed by atoms with Gasteiger partial charge in [-0.05, 0) is 39.2 Å². The summed E-state index contributed by atoms with van der Waals surface area (Å²) in [6, 6.07) is 0. The van der Waals surface area contributed by atoms with Crippen molar-refractivity contribution in [1.29, 1.82) is 0 Å². The molecule has 0 aromatic heterocycles. The maximum absolute atomic E-state index is 5.00. The average Bonchev–Trinajstić information content (AvgIpc) is 2.81. The Morgan fingerprint density at radius 3 is 2.42 bits per heavy atom. The molecule has 0 saturated heterocycles. The van der Waals surface area contributed by atoms with Crippen LogP contribution in [0.5, 0.6) is 0 Å². The molecule has 0 heterocycles. The molecular formula is C8H17N3S. The van der Waals surface area contributed by atoms with E-state index in [1.165, 1.54) is 12.8 Å². The summed E-state index contributed by atoms with van der Waals surface area (Å²) in [5.41, 5.74) is 0.376. The average molecular weight is 187 g/mol. The summed E-state index contributed by atoms with van der Waals surface area (Å²) in [5.74, 6) is 0. The lowest BCUT2D eigenvalue weighted by Crippen LogP contribution is -2.44. The van der Waals surface area contributed by atoms with Crippen LogP contribution in [0.25, 0.3) is 0 Å². The molecule has 1 fully saturated rings. The van der Waals surface area contributed by atoms with Crippen LogP contribution >= 0.6 is 12.2 Å². The predicted octanol–water partition coefficient (Wildman–Crippen LogP) is 0.174. The molecule has 0 bridgehead atoms.